The topological polar surface area (TPSA) is 159 Å². The number of allylic oxidation sites excluding steroid dienone is 1. The van der Waals surface area contributed by atoms with Crippen molar-refractivity contribution in [3.05, 3.63) is 34.5 Å². The highest BCUT2D eigenvalue weighted by Crippen LogP contribution is 2.40. The number of carbonyl (C=O) groups excluding carboxylic acids is 3. The van der Waals surface area contributed by atoms with Gasteiger partial charge in [0.15, 0.2) is 10.8 Å². The number of rotatable bonds is 8. The number of halogens is 1. The summed E-state index contributed by atoms with van der Waals surface area (Å²) in [5.41, 5.74) is 5.46. The minimum Gasteiger partial charge on any atom is -0.543 e. The number of nitrogen functional groups attached to an aromatic ring is 1. The molecule has 0 radical (unpaired) electrons. The maximum Gasteiger partial charge on any atom is 0.276 e. The Balaban J connectivity index is 1.49. The normalized spacial score (nSPS) is 26.0. The number of aromatic nitrogens is 1. The van der Waals surface area contributed by atoms with Crippen molar-refractivity contribution in [1.82, 2.24) is 15.2 Å². The van der Waals surface area contributed by atoms with Crippen LogP contribution in [0.25, 0.3) is 0 Å². The van der Waals surface area contributed by atoms with E-state index in [1.807, 2.05) is 14.1 Å². The molecule has 2 saturated heterocycles. The van der Waals surface area contributed by atoms with E-state index in [0.717, 1.165) is 29.2 Å². The SMILES string of the molecule is C[N+]1(C)CC[C@@H](/C=C/C2=C(C(=O)[O-])N3C(=O)[C@@H](NC(=O)/C(=N\OCF)c4csc(N)n4)[C@H]3SC2)O1. The quantitative estimate of drug-likeness (QED) is 0.190. The van der Waals surface area contributed by atoms with Crippen LogP contribution in [-0.4, -0.2) is 88.8 Å². The summed E-state index contributed by atoms with van der Waals surface area (Å²) >= 11 is 2.33. The summed E-state index contributed by atoms with van der Waals surface area (Å²) < 4.78 is 12.9. The largest absolute Gasteiger partial charge is 0.543 e. The van der Waals surface area contributed by atoms with Crippen LogP contribution in [-0.2, 0) is 24.1 Å². The Morgan fingerprint density at radius 2 is 2.29 bits per heavy atom. The number of thioether (sulfide) groups is 1. The molecule has 1 aromatic rings. The summed E-state index contributed by atoms with van der Waals surface area (Å²) in [5, 5.41) is 18.8. The van der Waals surface area contributed by atoms with Crippen LogP contribution < -0.4 is 16.2 Å². The van der Waals surface area contributed by atoms with E-state index in [4.69, 9.17) is 10.6 Å². The molecule has 2 fully saturated rings. The number of hydroxylamine groups is 3. The Bertz CT molecular complexity index is 1140. The van der Waals surface area contributed by atoms with Crippen LogP contribution in [0.3, 0.4) is 0 Å². The van der Waals surface area contributed by atoms with Gasteiger partial charge in [0.2, 0.25) is 0 Å². The molecule has 3 aliphatic rings. The lowest BCUT2D eigenvalue weighted by Gasteiger charge is -2.50. The number of carboxylic acids is 1. The first kappa shape index (κ1) is 25.1. The number of carboxylic acid groups (broad SMARTS) is 1. The molecule has 0 saturated carbocycles. The molecule has 0 unspecified atom stereocenters. The summed E-state index contributed by atoms with van der Waals surface area (Å²) in [6, 6.07) is -1.03. The highest BCUT2D eigenvalue weighted by molar-refractivity contribution is 8.00. The number of fused-ring (bicyclic) bond motifs is 1. The number of carbonyl (C=O) groups is 3. The monoisotopic (exact) mass is 526 g/mol. The lowest BCUT2D eigenvalue weighted by molar-refractivity contribution is -1.06. The second-order valence-electron chi connectivity index (χ2n) is 8.36. The van der Waals surface area contributed by atoms with E-state index in [1.54, 1.807) is 12.2 Å². The summed E-state index contributed by atoms with van der Waals surface area (Å²) in [4.78, 5) is 52.8. The first-order chi connectivity index (χ1) is 16.6. The van der Waals surface area contributed by atoms with E-state index in [1.165, 1.54) is 17.1 Å². The average Bonchev–Trinajstić information content (AvgIpc) is 3.39. The van der Waals surface area contributed by atoms with Crippen LogP contribution in [0.5, 0.6) is 0 Å². The van der Waals surface area contributed by atoms with Crippen molar-refractivity contribution in [2.75, 3.05) is 39.0 Å². The summed E-state index contributed by atoms with van der Waals surface area (Å²) in [7, 11) is 3.86. The second-order valence-corrected chi connectivity index (χ2v) is 10.4. The molecule has 2 amide bonds. The Morgan fingerprint density at radius 3 is 2.89 bits per heavy atom. The van der Waals surface area contributed by atoms with E-state index >= 15 is 0 Å². The molecule has 0 aromatic carbocycles. The maximum atomic E-state index is 12.9. The third-order valence-corrected chi connectivity index (χ3v) is 7.52. The Kier molecular flexibility index (Phi) is 7.12. The number of nitrogens with zero attached hydrogens (tertiary/aromatic N) is 4. The number of amides is 2. The molecule has 1 aromatic heterocycles. The molecule has 3 N–H and O–H groups in total. The number of β-lactam (4-membered cyclic amide) rings is 1. The van der Waals surface area contributed by atoms with Crippen molar-refractivity contribution < 1.29 is 38.2 Å². The molecule has 0 spiro atoms. The molecule has 188 valence electrons. The smallest absolute Gasteiger partial charge is 0.276 e. The lowest BCUT2D eigenvalue weighted by Crippen LogP contribution is -2.71. The minimum absolute atomic E-state index is 0.0528. The fourth-order valence-electron chi connectivity index (χ4n) is 3.92. The number of nitrogens with one attached hydrogen (secondary N) is 1. The van der Waals surface area contributed by atoms with Gasteiger partial charge in [-0.05, 0) is 11.6 Å². The molecule has 3 atom stereocenters. The van der Waals surface area contributed by atoms with E-state index < -0.39 is 36.1 Å². The van der Waals surface area contributed by atoms with Crippen molar-refractivity contribution in [2.45, 2.75) is 23.9 Å². The highest BCUT2D eigenvalue weighted by Gasteiger charge is 2.53. The third-order valence-electron chi connectivity index (χ3n) is 5.55. The number of hydrogen-bond donors (Lipinski definition) is 2. The lowest BCUT2D eigenvalue weighted by atomic mass is 10.0. The number of anilines is 1. The maximum absolute atomic E-state index is 12.9. The number of aliphatic carboxylic acids is 1. The predicted octanol–water partition coefficient (Wildman–Crippen LogP) is -0.887. The Labute approximate surface area is 207 Å². The minimum atomic E-state index is -1.49. The molecule has 0 bridgehead atoms. The molecular formula is C20H23FN6O6S2. The van der Waals surface area contributed by atoms with Crippen LogP contribution in [0.2, 0.25) is 0 Å². The second kappa shape index (κ2) is 9.93. The molecule has 4 rings (SSSR count). The number of hydrogen-bond acceptors (Lipinski definition) is 11. The van der Waals surface area contributed by atoms with Crippen LogP contribution >= 0.6 is 23.1 Å². The molecule has 15 heteroatoms. The van der Waals surface area contributed by atoms with Crippen molar-refractivity contribution in [2.24, 2.45) is 5.16 Å². The number of oxime groups is 1. The van der Waals surface area contributed by atoms with Crippen molar-refractivity contribution in [1.29, 1.82) is 0 Å². The van der Waals surface area contributed by atoms with Gasteiger partial charge in [-0.3, -0.25) is 14.5 Å². The van der Waals surface area contributed by atoms with Crippen LogP contribution in [0.15, 0.2) is 34.0 Å². The fraction of sp³-hybridized carbons (Fsp3) is 0.450. The van der Waals surface area contributed by atoms with E-state index in [2.05, 4.69) is 20.3 Å². The van der Waals surface area contributed by atoms with Crippen molar-refractivity contribution in [3.63, 3.8) is 0 Å². The van der Waals surface area contributed by atoms with Gasteiger partial charge in [0.1, 0.15) is 29.8 Å². The van der Waals surface area contributed by atoms with Gasteiger partial charge in [-0.15, -0.1) is 23.1 Å². The molecule has 12 nitrogen and oxygen atoms in total. The summed E-state index contributed by atoms with van der Waals surface area (Å²) in [6.45, 7) is -0.456. The summed E-state index contributed by atoms with van der Waals surface area (Å²) in [5.74, 6) is -2.68. The average molecular weight is 527 g/mol. The van der Waals surface area contributed by atoms with Crippen molar-refractivity contribution >= 4 is 51.7 Å². The number of thiazole rings is 1. The van der Waals surface area contributed by atoms with Gasteiger partial charge in [-0.25, -0.2) is 9.37 Å². The molecule has 35 heavy (non-hydrogen) atoms. The van der Waals surface area contributed by atoms with E-state index in [9.17, 15) is 23.9 Å². The zero-order chi connectivity index (χ0) is 25.3. The van der Waals surface area contributed by atoms with Gasteiger partial charge >= 0.3 is 0 Å². The van der Waals surface area contributed by atoms with E-state index in [0.29, 0.717) is 10.2 Å². The van der Waals surface area contributed by atoms with E-state index in [-0.39, 0.29) is 34.1 Å². The zero-order valence-corrected chi connectivity index (χ0v) is 20.4. The molecule has 0 aliphatic carbocycles. The van der Waals surface area contributed by atoms with Crippen LogP contribution in [0, 0.1) is 0 Å². The van der Waals surface area contributed by atoms with Gasteiger partial charge < -0.3 is 25.8 Å². The van der Waals surface area contributed by atoms with Gasteiger partial charge in [0, 0.05) is 17.6 Å². The van der Waals surface area contributed by atoms with Gasteiger partial charge in [0.25, 0.3) is 18.7 Å². The number of nitrogens with two attached hydrogens (primary N) is 1. The Morgan fingerprint density at radius 1 is 1.51 bits per heavy atom. The summed E-state index contributed by atoms with van der Waals surface area (Å²) in [6.07, 6.45) is 4.04. The number of quaternary nitrogens is 1. The molecule has 3 aliphatic heterocycles. The predicted molar refractivity (Wildman–Crippen MR) is 123 cm³/mol. The number of alkyl halides is 1. The van der Waals surface area contributed by atoms with Gasteiger partial charge in [-0.2, -0.15) is 9.48 Å². The Hall–Kier alpha value is -3.01. The van der Waals surface area contributed by atoms with Crippen molar-refractivity contribution in [3.8, 4) is 0 Å². The standard InChI is InChI=1S/C20H23FN6O6S2/c1-27(2)6-5-11(33-27)4-3-10-7-34-18-14(17(29)26(18)15(10)19(30)31)24-16(28)13(25-32-9-21)12-8-35-20(22)23-12/h3-4,8,11,14,18H,5-7,9H2,1-2H3,(H3-,22,23,24,28,30,31)/b4-3+,25-13-/t11-,14-,18-/m1/s1. The fourth-order valence-corrected chi connectivity index (χ4v) is 5.79. The molecular weight excluding hydrogens is 503 g/mol. The first-order valence-corrected chi connectivity index (χ1v) is 12.4. The molecule has 4 heterocycles. The zero-order valence-electron chi connectivity index (χ0n) is 18.8. The van der Waals surface area contributed by atoms with Crippen LogP contribution in [0.1, 0.15) is 12.1 Å². The van der Waals surface area contributed by atoms with Gasteiger partial charge in [0.05, 0.1) is 25.8 Å². The third kappa shape index (κ3) is 5.17. The van der Waals surface area contributed by atoms with Crippen LogP contribution in [0.4, 0.5) is 9.52 Å². The highest BCUT2D eigenvalue weighted by atomic mass is 32.2. The van der Waals surface area contributed by atoms with Gasteiger partial charge in [-0.1, -0.05) is 11.2 Å². The first-order valence-electron chi connectivity index (χ1n) is 10.5.